The van der Waals surface area contributed by atoms with E-state index < -0.39 is 0 Å². The Morgan fingerprint density at radius 3 is 2.45 bits per heavy atom. The molecule has 8 heteroatoms. The minimum atomic E-state index is -0.251. The average molecular weight is 561 g/mol. The molecule has 1 saturated carbocycles. The number of rotatable bonds is 10. The van der Waals surface area contributed by atoms with Crippen molar-refractivity contribution in [1.29, 1.82) is 0 Å². The number of carbonyl (C=O) groups is 2. The first-order valence-corrected chi connectivity index (χ1v) is 15.6. The van der Waals surface area contributed by atoms with Gasteiger partial charge in [0.15, 0.2) is 5.13 Å². The van der Waals surface area contributed by atoms with E-state index >= 15 is 0 Å². The van der Waals surface area contributed by atoms with E-state index in [1.54, 1.807) is 24.3 Å². The van der Waals surface area contributed by atoms with Crippen molar-refractivity contribution < 1.29 is 14.3 Å². The Kier molecular flexibility index (Phi) is 9.49. The van der Waals surface area contributed by atoms with Crippen molar-refractivity contribution in [2.75, 3.05) is 31.6 Å². The molecular formula is C32H40N4O3S. The Labute approximate surface area is 241 Å². The van der Waals surface area contributed by atoms with Gasteiger partial charge >= 0.3 is 0 Å². The molecule has 2 heterocycles. The van der Waals surface area contributed by atoms with Crippen LogP contribution in [0.2, 0.25) is 0 Å². The molecule has 0 unspecified atom stereocenters. The molecule has 7 nitrogen and oxygen atoms in total. The number of carbonyl (C=O) groups excluding carboxylic acids is 2. The van der Waals surface area contributed by atoms with E-state index in [4.69, 9.17) is 9.72 Å². The summed E-state index contributed by atoms with van der Waals surface area (Å²) in [6.45, 7) is 7.47. The van der Waals surface area contributed by atoms with Gasteiger partial charge in [-0.3, -0.25) is 19.8 Å². The minimum absolute atomic E-state index is 0.111. The molecule has 0 spiro atoms. The fourth-order valence-electron chi connectivity index (χ4n) is 5.97. The number of anilines is 1. The molecule has 2 N–H and O–H groups in total. The molecule has 40 heavy (non-hydrogen) atoms. The van der Waals surface area contributed by atoms with Gasteiger partial charge in [-0.1, -0.05) is 32.3 Å². The van der Waals surface area contributed by atoms with Crippen molar-refractivity contribution in [3.8, 4) is 17.0 Å². The first-order chi connectivity index (χ1) is 19.6. The van der Waals surface area contributed by atoms with Crippen molar-refractivity contribution in [3.63, 3.8) is 0 Å². The van der Waals surface area contributed by atoms with Crippen LogP contribution in [0.5, 0.6) is 5.75 Å². The maximum Gasteiger partial charge on any atom is 0.257 e. The second kappa shape index (κ2) is 13.4. The lowest BCUT2D eigenvalue weighted by Crippen LogP contribution is -2.40. The standard InChI is InChI=1S/C32H40N4O3S/c1-3-36-18-8-11-26(36)20-33-30(37)23-12-14-24(15-13-23)31(38)35-32-34-28(21-40-32)27-19-25(16-17-29(27)39-4-2)22-9-6-5-7-10-22/h12-17,19,21-22,26H,3-11,18,20H2,1-2H3,(H,33,37)(H,34,35,38)/t26-/m0/s1. The first kappa shape index (κ1) is 28.3. The minimum Gasteiger partial charge on any atom is -0.493 e. The summed E-state index contributed by atoms with van der Waals surface area (Å²) >= 11 is 1.40. The quantitative estimate of drug-likeness (QED) is 0.288. The molecule has 1 aliphatic heterocycles. The summed E-state index contributed by atoms with van der Waals surface area (Å²) < 4.78 is 5.92. The van der Waals surface area contributed by atoms with Crippen LogP contribution in [-0.2, 0) is 0 Å². The molecule has 1 aromatic heterocycles. The van der Waals surface area contributed by atoms with E-state index in [1.165, 1.54) is 55.4 Å². The van der Waals surface area contributed by atoms with Crippen LogP contribution in [0.25, 0.3) is 11.3 Å². The number of hydrogen-bond donors (Lipinski definition) is 2. The lowest BCUT2D eigenvalue weighted by molar-refractivity contribution is 0.0939. The summed E-state index contributed by atoms with van der Waals surface area (Å²) in [6, 6.07) is 13.7. The molecule has 2 aromatic carbocycles. The third-order valence-corrected chi connectivity index (χ3v) is 8.95. The molecule has 2 fully saturated rings. The van der Waals surface area contributed by atoms with Crippen LogP contribution in [0, 0.1) is 0 Å². The Hall–Kier alpha value is -3.23. The largest absolute Gasteiger partial charge is 0.493 e. The van der Waals surface area contributed by atoms with E-state index in [9.17, 15) is 9.59 Å². The van der Waals surface area contributed by atoms with Crippen molar-refractivity contribution in [2.24, 2.45) is 0 Å². The first-order valence-electron chi connectivity index (χ1n) is 14.7. The van der Waals surface area contributed by atoms with Gasteiger partial charge in [0.05, 0.1) is 12.3 Å². The van der Waals surface area contributed by atoms with Gasteiger partial charge in [0, 0.05) is 34.7 Å². The number of hydrogen-bond acceptors (Lipinski definition) is 6. The second-order valence-corrected chi connectivity index (χ2v) is 11.6. The number of likely N-dealkylation sites (N-methyl/N-ethyl adjacent to an activating group) is 1. The summed E-state index contributed by atoms with van der Waals surface area (Å²) in [5, 5.41) is 8.47. The molecule has 2 aliphatic rings. The highest BCUT2D eigenvalue weighted by Crippen LogP contribution is 2.39. The molecule has 1 aliphatic carbocycles. The molecule has 3 aromatic rings. The van der Waals surface area contributed by atoms with Gasteiger partial charge in [0.1, 0.15) is 5.75 Å². The highest BCUT2D eigenvalue weighted by atomic mass is 32.1. The molecule has 5 rings (SSSR count). The number of aromatic nitrogens is 1. The third kappa shape index (κ3) is 6.73. The highest BCUT2D eigenvalue weighted by molar-refractivity contribution is 7.14. The summed E-state index contributed by atoms with van der Waals surface area (Å²) in [7, 11) is 0. The average Bonchev–Trinajstić information content (AvgIpc) is 3.66. The van der Waals surface area contributed by atoms with E-state index in [0.29, 0.717) is 41.4 Å². The predicted molar refractivity (Wildman–Crippen MR) is 162 cm³/mol. The molecule has 0 radical (unpaired) electrons. The fraction of sp³-hybridized carbons (Fsp3) is 0.469. The molecule has 212 valence electrons. The normalized spacial score (nSPS) is 18.0. The topological polar surface area (TPSA) is 83.6 Å². The maximum atomic E-state index is 13.0. The monoisotopic (exact) mass is 560 g/mol. The zero-order valence-corrected chi connectivity index (χ0v) is 24.4. The lowest BCUT2D eigenvalue weighted by atomic mass is 9.83. The van der Waals surface area contributed by atoms with Crippen LogP contribution in [0.15, 0.2) is 47.8 Å². The number of nitrogens with one attached hydrogen (secondary N) is 2. The van der Waals surface area contributed by atoms with Crippen LogP contribution in [0.1, 0.15) is 91.0 Å². The summed E-state index contributed by atoms with van der Waals surface area (Å²) in [5.74, 6) is 1.03. The second-order valence-electron chi connectivity index (χ2n) is 10.7. The number of likely N-dealkylation sites (tertiary alicyclic amines) is 1. The molecule has 1 atom stereocenters. The van der Waals surface area contributed by atoms with E-state index in [-0.39, 0.29) is 11.8 Å². The third-order valence-electron chi connectivity index (χ3n) is 8.19. The van der Waals surface area contributed by atoms with Crippen LogP contribution >= 0.6 is 11.3 Å². The van der Waals surface area contributed by atoms with E-state index in [1.807, 2.05) is 12.3 Å². The zero-order chi connectivity index (χ0) is 27.9. The Balaban J connectivity index is 1.22. The SMILES string of the molecule is CCOc1ccc(C2CCCCC2)cc1-c1csc(NC(=O)c2ccc(C(=O)NC[C@@H]3CCCN3CC)cc2)n1. The maximum absolute atomic E-state index is 13.0. The summed E-state index contributed by atoms with van der Waals surface area (Å²) in [4.78, 5) is 32.8. The zero-order valence-electron chi connectivity index (χ0n) is 23.6. The van der Waals surface area contributed by atoms with E-state index in [2.05, 4.69) is 40.7 Å². The fourth-order valence-corrected chi connectivity index (χ4v) is 6.68. The van der Waals surface area contributed by atoms with Gasteiger partial charge in [0.25, 0.3) is 11.8 Å². The van der Waals surface area contributed by atoms with Crippen LogP contribution in [0.3, 0.4) is 0 Å². The molecular weight excluding hydrogens is 520 g/mol. The van der Waals surface area contributed by atoms with Crippen molar-refractivity contribution in [2.45, 2.75) is 70.8 Å². The molecule has 2 amide bonds. The van der Waals surface area contributed by atoms with Crippen LogP contribution in [-0.4, -0.2) is 54.0 Å². The Bertz CT molecular complexity index is 1300. The van der Waals surface area contributed by atoms with Crippen molar-refractivity contribution in [1.82, 2.24) is 15.2 Å². The number of ether oxygens (including phenoxy) is 1. The van der Waals surface area contributed by atoms with Crippen molar-refractivity contribution in [3.05, 3.63) is 64.5 Å². The van der Waals surface area contributed by atoms with E-state index in [0.717, 1.165) is 36.5 Å². The molecule has 0 bridgehead atoms. The number of nitrogens with zero attached hydrogens (tertiary/aromatic N) is 2. The predicted octanol–water partition coefficient (Wildman–Crippen LogP) is 6.72. The number of amides is 2. The summed E-state index contributed by atoms with van der Waals surface area (Å²) in [5.41, 5.74) is 4.15. The van der Waals surface area contributed by atoms with Crippen LogP contribution < -0.4 is 15.4 Å². The van der Waals surface area contributed by atoms with Gasteiger partial charge in [-0.25, -0.2) is 4.98 Å². The molecule has 1 saturated heterocycles. The highest BCUT2D eigenvalue weighted by Gasteiger charge is 2.23. The van der Waals surface area contributed by atoms with Gasteiger partial charge < -0.3 is 10.1 Å². The number of thiazole rings is 1. The Morgan fingerprint density at radius 2 is 1.73 bits per heavy atom. The van der Waals surface area contributed by atoms with Gasteiger partial charge in [0.2, 0.25) is 0 Å². The van der Waals surface area contributed by atoms with Gasteiger partial charge in [-0.15, -0.1) is 11.3 Å². The van der Waals surface area contributed by atoms with Crippen LogP contribution in [0.4, 0.5) is 5.13 Å². The van der Waals surface area contributed by atoms with Gasteiger partial charge in [-0.05, 0) is 93.6 Å². The summed E-state index contributed by atoms with van der Waals surface area (Å²) in [6.07, 6.45) is 8.63. The number of benzene rings is 2. The lowest BCUT2D eigenvalue weighted by Gasteiger charge is -2.23. The Morgan fingerprint density at radius 1 is 0.975 bits per heavy atom. The van der Waals surface area contributed by atoms with Gasteiger partial charge in [-0.2, -0.15) is 0 Å². The smallest absolute Gasteiger partial charge is 0.257 e. The van der Waals surface area contributed by atoms with Crippen molar-refractivity contribution >= 4 is 28.3 Å².